The van der Waals surface area contributed by atoms with E-state index in [0.717, 1.165) is 10.8 Å². The van der Waals surface area contributed by atoms with Crippen LogP contribution in [0.2, 0.25) is 0 Å². The quantitative estimate of drug-likeness (QED) is 0.387. The predicted molar refractivity (Wildman–Crippen MR) is 122 cm³/mol. The lowest BCUT2D eigenvalue weighted by atomic mass is 10.1. The number of esters is 1. The summed E-state index contributed by atoms with van der Waals surface area (Å²) in [5.74, 6) is -1.34. The van der Waals surface area contributed by atoms with Crippen LogP contribution < -0.4 is 10.6 Å². The molecule has 0 bridgehead atoms. The number of anilines is 2. The Labute approximate surface area is 185 Å². The molecule has 3 rings (SSSR count). The van der Waals surface area contributed by atoms with E-state index >= 15 is 0 Å². The van der Waals surface area contributed by atoms with Crippen LogP contribution in [0.25, 0.3) is 10.8 Å². The Morgan fingerprint density at radius 2 is 1.56 bits per heavy atom. The standard InChI is InChI=1S/C25H24N2O5/c1-17(28)19-9-4-10-20(15-19)26-23(29)13-6-14-25(31)32-16-24(30)27-22-12-5-8-18-7-2-3-11-21(18)22/h2-5,7-12,15H,6,13-14,16H2,1H3,(H,26,29)(H,27,30). The first-order chi connectivity index (χ1) is 15.4. The Bertz CT molecular complexity index is 1150. The highest BCUT2D eigenvalue weighted by Crippen LogP contribution is 2.22. The average molecular weight is 432 g/mol. The zero-order valence-electron chi connectivity index (χ0n) is 17.7. The van der Waals surface area contributed by atoms with Gasteiger partial charge in [0, 0.05) is 35.2 Å². The van der Waals surface area contributed by atoms with E-state index in [9.17, 15) is 19.2 Å². The Morgan fingerprint density at radius 3 is 2.38 bits per heavy atom. The van der Waals surface area contributed by atoms with Crippen LogP contribution in [0.4, 0.5) is 11.4 Å². The van der Waals surface area contributed by atoms with E-state index < -0.39 is 18.5 Å². The Hall–Kier alpha value is -4.00. The van der Waals surface area contributed by atoms with Gasteiger partial charge in [-0.05, 0) is 36.9 Å². The van der Waals surface area contributed by atoms with Gasteiger partial charge < -0.3 is 15.4 Å². The molecule has 0 saturated carbocycles. The van der Waals surface area contributed by atoms with Crippen LogP contribution in [0.5, 0.6) is 0 Å². The molecule has 164 valence electrons. The lowest BCUT2D eigenvalue weighted by Gasteiger charge is -2.09. The molecular weight excluding hydrogens is 408 g/mol. The summed E-state index contributed by atoms with van der Waals surface area (Å²) in [6.45, 7) is 1.06. The van der Waals surface area contributed by atoms with Gasteiger partial charge in [-0.25, -0.2) is 0 Å². The molecule has 0 fully saturated rings. The monoisotopic (exact) mass is 432 g/mol. The number of carbonyl (C=O) groups is 4. The molecule has 0 radical (unpaired) electrons. The van der Waals surface area contributed by atoms with Gasteiger partial charge in [-0.15, -0.1) is 0 Å². The van der Waals surface area contributed by atoms with E-state index in [2.05, 4.69) is 10.6 Å². The summed E-state index contributed by atoms with van der Waals surface area (Å²) < 4.78 is 5.01. The van der Waals surface area contributed by atoms with Crippen molar-refractivity contribution in [1.82, 2.24) is 0 Å². The average Bonchev–Trinajstić information content (AvgIpc) is 2.78. The second-order valence-electron chi connectivity index (χ2n) is 7.27. The number of amides is 2. The molecule has 0 aliphatic carbocycles. The van der Waals surface area contributed by atoms with Crippen molar-refractivity contribution >= 4 is 45.7 Å². The SMILES string of the molecule is CC(=O)c1cccc(NC(=O)CCCC(=O)OCC(=O)Nc2cccc3ccccc23)c1. The van der Waals surface area contributed by atoms with Crippen LogP contribution in [0.1, 0.15) is 36.5 Å². The molecule has 0 aromatic heterocycles. The lowest BCUT2D eigenvalue weighted by molar-refractivity contribution is -0.147. The maximum absolute atomic E-state index is 12.1. The molecule has 32 heavy (non-hydrogen) atoms. The van der Waals surface area contributed by atoms with Gasteiger partial charge in [0.2, 0.25) is 5.91 Å². The summed E-state index contributed by atoms with van der Waals surface area (Å²) in [5.41, 5.74) is 1.68. The predicted octanol–water partition coefficient (Wildman–Crippen LogP) is 4.33. The lowest BCUT2D eigenvalue weighted by Crippen LogP contribution is -2.21. The minimum absolute atomic E-state index is 0.0163. The first-order valence-electron chi connectivity index (χ1n) is 10.3. The molecule has 3 aromatic rings. The summed E-state index contributed by atoms with van der Waals surface area (Å²) in [7, 11) is 0. The zero-order chi connectivity index (χ0) is 22.9. The minimum Gasteiger partial charge on any atom is -0.456 e. The summed E-state index contributed by atoms with van der Waals surface area (Å²) in [5, 5.41) is 7.34. The Morgan fingerprint density at radius 1 is 0.812 bits per heavy atom. The van der Waals surface area contributed by atoms with Gasteiger partial charge in [0.15, 0.2) is 12.4 Å². The van der Waals surface area contributed by atoms with Crippen molar-refractivity contribution in [3.05, 3.63) is 72.3 Å². The summed E-state index contributed by atoms with van der Waals surface area (Å²) in [6.07, 6.45) is 0.409. The van der Waals surface area contributed by atoms with E-state index in [1.165, 1.54) is 6.92 Å². The molecule has 0 unspecified atom stereocenters. The third kappa shape index (κ3) is 6.50. The summed E-state index contributed by atoms with van der Waals surface area (Å²) >= 11 is 0. The van der Waals surface area contributed by atoms with Crippen molar-refractivity contribution in [1.29, 1.82) is 0 Å². The second kappa shape index (κ2) is 10.9. The van der Waals surface area contributed by atoms with E-state index in [1.54, 1.807) is 30.3 Å². The maximum Gasteiger partial charge on any atom is 0.306 e. The van der Waals surface area contributed by atoms with Gasteiger partial charge in [0.25, 0.3) is 5.91 Å². The molecular formula is C25H24N2O5. The van der Waals surface area contributed by atoms with Crippen LogP contribution in [-0.2, 0) is 19.1 Å². The first kappa shape index (κ1) is 22.7. The molecule has 3 aromatic carbocycles. The number of ether oxygens (including phenoxy) is 1. The molecule has 0 spiro atoms. The maximum atomic E-state index is 12.1. The van der Waals surface area contributed by atoms with E-state index in [1.807, 2.05) is 36.4 Å². The second-order valence-corrected chi connectivity index (χ2v) is 7.27. The third-order valence-electron chi connectivity index (χ3n) is 4.77. The Balaban J connectivity index is 1.38. The van der Waals surface area contributed by atoms with E-state index in [-0.39, 0.29) is 31.0 Å². The van der Waals surface area contributed by atoms with Gasteiger partial charge >= 0.3 is 5.97 Å². The molecule has 0 aliphatic rings. The highest BCUT2D eigenvalue weighted by atomic mass is 16.5. The van der Waals surface area contributed by atoms with Crippen molar-refractivity contribution in [2.45, 2.75) is 26.2 Å². The zero-order valence-corrected chi connectivity index (χ0v) is 17.7. The number of benzene rings is 3. The van der Waals surface area contributed by atoms with Crippen molar-refractivity contribution in [3.8, 4) is 0 Å². The minimum atomic E-state index is -0.551. The number of rotatable bonds is 9. The van der Waals surface area contributed by atoms with Gasteiger partial charge in [0.05, 0.1) is 0 Å². The van der Waals surface area contributed by atoms with Crippen LogP contribution in [-0.4, -0.2) is 30.2 Å². The fourth-order valence-electron chi connectivity index (χ4n) is 3.17. The topological polar surface area (TPSA) is 102 Å². The first-order valence-corrected chi connectivity index (χ1v) is 10.3. The number of fused-ring (bicyclic) bond motifs is 1. The number of nitrogens with one attached hydrogen (secondary N) is 2. The van der Waals surface area contributed by atoms with Crippen LogP contribution in [0.3, 0.4) is 0 Å². The molecule has 2 amide bonds. The molecule has 7 heteroatoms. The highest BCUT2D eigenvalue weighted by Gasteiger charge is 2.11. The molecule has 7 nitrogen and oxygen atoms in total. The van der Waals surface area contributed by atoms with Crippen LogP contribution in [0, 0.1) is 0 Å². The molecule has 0 atom stereocenters. The van der Waals surface area contributed by atoms with Crippen molar-refractivity contribution < 1.29 is 23.9 Å². The summed E-state index contributed by atoms with van der Waals surface area (Å²) in [6, 6.07) is 19.9. The van der Waals surface area contributed by atoms with Crippen molar-refractivity contribution in [2.75, 3.05) is 17.2 Å². The fourth-order valence-corrected chi connectivity index (χ4v) is 3.17. The number of hydrogen-bond donors (Lipinski definition) is 2. The van der Waals surface area contributed by atoms with Crippen LogP contribution >= 0.6 is 0 Å². The number of hydrogen-bond acceptors (Lipinski definition) is 5. The number of ketones is 1. The van der Waals surface area contributed by atoms with Gasteiger partial charge in [-0.2, -0.15) is 0 Å². The van der Waals surface area contributed by atoms with Crippen LogP contribution in [0.15, 0.2) is 66.7 Å². The van der Waals surface area contributed by atoms with E-state index in [0.29, 0.717) is 16.9 Å². The van der Waals surface area contributed by atoms with E-state index in [4.69, 9.17) is 4.74 Å². The molecule has 2 N–H and O–H groups in total. The third-order valence-corrected chi connectivity index (χ3v) is 4.77. The summed E-state index contributed by atoms with van der Waals surface area (Å²) in [4.78, 5) is 47.5. The number of carbonyl (C=O) groups excluding carboxylic acids is 4. The molecule has 0 saturated heterocycles. The Kier molecular flexibility index (Phi) is 7.70. The van der Waals surface area contributed by atoms with Gasteiger partial charge in [-0.3, -0.25) is 19.2 Å². The van der Waals surface area contributed by atoms with Gasteiger partial charge in [-0.1, -0.05) is 48.5 Å². The smallest absolute Gasteiger partial charge is 0.306 e. The fraction of sp³-hybridized carbons (Fsp3) is 0.200. The molecule has 0 aliphatic heterocycles. The molecule has 0 heterocycles. The van der Waals surface area contributed by atoms with Gasteiger partial charge in [0.1, 0.15) is 0 Å². The van der Waals surface area contributed by atoms with Crippen molar-refractivity contribution in [3.63, 3.8) is 0 Å². The highest BCUT2D eigenvalue weighted by molar-refractivity contribution is 6.02. The normalized spacial score (nSPS) is 10.4. The largest absolute Gasteiger partial charge is 0.456 e. The number of Topliss-reactive ketones (excluding diaryl/α,β-unsaturated/α-hetero) is 1. The van der Waals surface area contributed by atoms with Crippen molar-refractivity contribution in [2.24, 2.45) is 0 Å².